The van der Waals surface area contributed by atoms with Crippen molar-refractivity contribution in [2.24, 2.45) is 0 Å². The van der Waals surface area contributed by atoms with E-state index in [1.54, 1.807) is 11.8 Å². The van der Waals surface area contributed by atoms with Crippen molar-refractivity contribution in [1.82, 2.24) is 19.8 Å². The Balaban J connectivity index is 1.52. The van der Waals surface area contributed by atoms with Crippen molar-refractivity contribution in [2.75, 3.05) is 57.1 Å². The monoisotopic (exact) mass is 555 g/mol. The first-order valence-corrected chi connectivity index (χ1v) is 13.2. The SMILES string of the molecule is CCOC(=O)c1nc(OC[C@@H]2C[C@@H](F)CN2C)nc(N2CCN(C(=O)OCc3ccccc3)C(CC#N)C2)c1N. The third kappa shape index (κ3) is 6.87. The quantitative estimate of drug-likeness (QED) is 0.455. The molecule has 2 fully saturated rings. The van der Waals surface area contributed by atoms with Crippen molar-refractivity contribution >= 4 is 23.6 Å². The standard InChI is InChI=1S/C27H34FN7O5/c1-3-38-25(36)23-22(30)24(32-26(31-23)39-17-21-13-19(28)14-33(21)2)34-11-12-35(20(15-34)9-10-29)27(37)40-16-18-7-5-4-6-8-18/h4-8,19-21H,3,9,11-17,30H2,1-2H3/t19-,20?,21+/m1/s1. The zero-order valence-electron chi connectivity index (χ0n) is 22.7. The number of nitriles is 1. The molecule has 1 unspecified atom stereocenters. The van der Waals surface area contributed by atoms with Crippen LogP contribution < -0.4 is 15.4 Å². The number of nitrogen functional groups attached to an aromatic ring is 1. The zero-order valence-corrected chi connectivity index (χ0v) is 22.7. The molecule has 2 saturated heterocycles. The maximum absolute atomic E-state index is 13.8. The van der Waals surface area contributed by atoms with Gasteiger partial charge in [-0.2, -0.15) is 15.2 Å². The number of halogens is 1. The van der Waals surface area contributed by atoms with Crippen LogP contribution in [0.3, 0.4) is 0 Å². The highest BCUT2D eigenvalue weighted by atomic mass is 19.1. The number of ether oxygens (including phenoxy) is 3. The van der Waals surface area contributed by atoms with Crippen molar-refractivity contribution in [1.29, 1.82) is 5.26 Å². The summed E-state index contributed by atoms with van der Waals surface area (Å²) in [6.07, 6.45) is -1.10. The second kappa shape index (κ2) is 13.3. The number of rotatable bonds is 9. The summed E-state index contributed by atoms with van der Waals surface area (Å²) >= 11 is 0. The highest BCUT2D eigenvalue weighted by Crippen LogP contribution is 2.30. The molecule has 2 aliphatic heterocycles. The molecule has 40 heavy (non-hydrogen) atoms. The average molecular weight is 556 g/mol. The number of amides is 1. The van der Waals surface area contributed by atoms with Gasteiger partial charge in [0.1, 0.15) is 25.1 Å². The Labute approximate surface area is 232 Å². The molecule has 4 rings (SSSR count). The van der Waals surface area contributed by atoms with Crippen LogP contribution in [0.25, 0.3) is 0 Å². The second-order valence-electron chi connectivity index (χ2n) is 9.75. The lowest BCUT2D eigenvalue weighted by atomic mass is 10.1. The fourth-order valence-corrected chi connectivity index (χ4v) is 4.85. The molecule has 1 aromatic heterocycles. The van der Waals surface area contributed by atoms with Crippen LogP contribution in [-0.2, 0) is 16.1 Å². The summed E-state index contributed by atoms with van der Waals surface area (Å²) in [5.74, 6) is -0.497. The summed E-state index contributed by atoms with van der Waals surface area (Å²) in [5, 5.41) is 9.46. The molecule has 214 valence electrons. The maximum atomic E-state index is 13.8. The molecule has 0 bridgehead atoms. The van der Waals surface area contributed by atoms with Gasteiger partial charge in [-0.3, -0.25) is 4.90 Å². The lowest BCUT2D eigenvalue weighted by molar-refractivity contribution is 0.0518. The molecule has 2 aliphatic rings. The molecule has 0 spiro atoms. The maximum Gasteiger partial charge on any atom is 0.410 e. The first kappa shape index (κ1) is 28.8. The minimum atomic E-state index is -0.940. The minimum Gasteiger partial charge on any atom is -0.462 e. The molecule has 0 radical (unpaired) electrons. The molecular formula is C27H34FN7O5. The number of esters is 1. The number of nitrogens with zero attached hydrogens (tertiary/aromatic N) is 6. The third-order valence-corrected chi connectivity index (χ3v) is 6.96. The molecule has 1 amide bonds. The minimum absolute atomic E-state index is 0.00317. The molecule has 2 N–H and O–H groups in total. The van der Waals surface area contributed by atoms with Crippen LogP contribution in [0.15, 0.2) is 30.3 Å². The van der Waals surface area contributed by atoms with Gasteiger partial charge in [0.15, 0.2) is 11.5 Å². The van der Waals surface area contributed by atoms with Gasteiger partial charge in [0.05, 0.1) is 25.1 Å². The smallest absolute Gasteiger partial charge is 0.410 e. The molecule has 3 atom stereocenters. The largest absolute Gasteiger partial charge is 0.462 e. The third-order valence-electron chi connectivity index (χ3n) is 6.96. The number of aromatic nitrogens is 2. The first-order chi connectivity index (χ1) is 19.3. The second-order valence-corrected chi connectivity index (χ2v) is 9.75. The van der Waals surface area contributed by atoms with Crippen molar-refractivity contribution in [2.45, 2.75) is 44.6 Å². The van der Waals surface area contributed by atoms with Gasteiger partial charge in [0, 0.05) is 32.2 Å². The lowest BCUT2D eigenvalue weighted by Crippen LogP contribution is -2.55. The summed E-state index contributed by atoms with van der Waals surface area (Å²) in [6, 6.07) is 10.7. The van der Waals surface area contributed by atoms with E-state index < -0.39 is 24.3 Å². The van der Waals surface area contributed by atoms with Crippen LogP contribution in [0.5, 0.6) is 6.01 Å². The van der Waals surface area contributed by atoms with Crippen molar-refractivity contribution < 1.29 is 28.2 Å². The van der Waals surface area contributed by atoms with Gasteiger partial charge in [0.25, 0.3) is 0 Å². The molecule has 1 aromatic carbocycles. The normalized spacial score (nSPS) is 21.1. The summed E-state index contributed by atoms with van der Waals surface area (Å²) in [6.45, 7) is 3.09. The Hall–Kier alpha value is -4.18. The van der Waals surface area contributed by atoms with E-state index in [2.05, 4.69) is 16.0 Å². The number of benzene rings is 1. The average Bonchev–Trinajstić information content (AvgIpc) is 3.28. The van der Waals surface area contributed by atoms with E-state index in [0.29, 0.717) is 19.5 Å². The summed E-state index contributed by atoms with van der Waals surface area (Å²) in [4.78, 5) is 39.4. The number of carbonyl (C=O) groups is 2. The Kier molecular flexibility index (Phi) is 9.55. The Morgan fingerprint density at radius 1 is 1.15 bits per heavy atom. The van der Waals surface area contributed by atoms with Crippen molar-refractivity contribution in [3.8, 4) is 12.1 Å². The number of likely N-dealkylation sites (N-methyl/N-ethyl adjacent to an activating group) is 1. The summed E-state index contributed by atoms with van der Waals surface area (Å²) in [5.41, 5.74) is 7.06. The van der Waals surface area contributed by atoms with Gasteiger partial charge in [-0.05, 0) is 26.0 Å². The molecule has 13 heteroatoms. The predicted octanol–water partition coefficient (Wildman–Crippen LogP) is 2.40. The van der Waals surface area contributed by atoms with E-state index in [4.69, 9.17) is 19.9 Å². The lowest BCUT2D eigenvalue weighted by Gasteiger charge is -2.40. The van der Waals surface area contributed by atoms with Gasteiger partial charge in [0.2, 0.25) is 0 Å². The molecule has 2 aromatic rings. The van der Waals surface area contributed by atoms with Gasteiger partial charge < -0.3 is 29.7 Å². The van der Waals surface area contributed by atoms with Gasteiger partial charge in [-0.15, -0.1) is 0 Å². The fraction of sp³-hybridized carbons (Fsp3) is 0.519. The van der Waals surface area contributed by atoms with E-state index >= 15 is 0 Å². The number of anilines is 2. The highest BCUT2D eigenvalue weighted by molar-refractivity contribution is 5.95. The zero-order chi connectivity index (χ0) is 28.6. The summed E-state index contributed by atoms with van der Waals surface area (Å²) in [7, 11) is 1.81. The summed E-state index contributed by atoms with van der Waals surface area (Å²) < 4.78 is 30.3. The topological polar surface area (TPSA) is 147 Å². The Bertz CT molecular complexity index is 1230. The van der Waals surface area contributed by atoms with E-state index in [-0.39, 0.29) is 68.6 Å². The molecule has 0 aliphatic carbocycles. The van der Waals surface area contributed by atoms with E-state index in [0.717, 1.165) is 5.56 Å². The molecule has 12 nitrogen and oxygen atoms in total. The van der Waals surface area contributed by atoms with Crippen LogP contribution in [0.1, 0.15) is 35.8 Å². The number of piperazine rings is 1. The number of nitrogens with two attached hydrogens (primary N) is 1. The number of likely N-dealkylation sites (tertiary alicyclic amines) is 1. The van der Waals surface area contributed by atoms with Gasteiger partial charge >= 0.3 is 18.1 Å². The van der Waals surface area contributed by atoms with Crippen molar-refractivity contribution in [3.05, 3.63) is 41.6 Å². The van der Waals surface area contributed by atoms with Gasteiger partial charge in [-0.1, -0.05) is 30.3 Å². The van der Waals surface area contributed by atoms with Crippen LogP contribution in [0.4, 0.5) is 20.7 Å². The highest BCUT2D eigenvalue weighted by Gasteiger charge is 2.35. The van der Waals surface area contributed by atoms with Crippen LogP contribution in [-0.4, -0.2) is 96.5 Å². The molecule has 3 heterocycles. The molecular weight excluding hydrogens is 521 g/mol. The van der Waals surface area contributed by atoms with Crippen LogP contribution >= 0.6 is 0 Å². The first-order valence-electron chi connectivity index (χ1n) is 13.2. The van der Waals surface area contributed by atoms with Crippen LogP contribution in [0, 0.1) is 11.3 Å². The Morgan fingerprint density at radius 2 is 1.93 bits per heavy atom. The number of alkyl halides is 1. The number of hydrogen-bond acceptors (Lipinski definition) is 11. The van der Waals surface area contributed by atoms with E-state index in [9.17, 15) is 19.2 Å². The van der Waals surface area contributed by atoms with E-state index in [1.165, 1.54) is 4.90 Å². The van der Waals surface area contributed by atoms with Gasteiger partial charge in [-0.25, -0.2) is 14.0 Å². The Morgan fingerprint density at radius 3 is 2.60 bits per heavy atom. The fourth-order valence-electron chi connectivity index (χ4n) is 4.85. The van der Waals surface area contributed by atoms with Crippen molar-refractivity contribution in [3.63, 3.8) is 0 Å². The van der Waals surface area contributed by atoms with E-state index in [1.807, 2.05) is 42.3 Å². The number of carbonyl (C=O) groups excluding carboxylic acids is 2. The number of hydrogen-bond donors (Lipinski definition) is 1. The van der Waals surface area contributed by atoms with Crippen LogP contribution in [0.2, 0.25) is 0 Å². The predicted molar refractivity (Wildman–Crippen MR) is 143 cm³/mol. The molecule has 0 saturated carbocycles.